The van der Waals surface area contributed by atoms with Crippen LogP contribution < -0.4 is 0 Å². The predicted octanol–water partition coefficient (Wildman–Crippen LogP) is 1.91. The number of nitrogens with zero attached hydrogens (tertiary/aromatic N) is 3. The summed E-state index contributed by atoms with van der Waals surface area (Å²) in [5.74, 6) is 0. The summed E-state index contributed by atoms with van der Waals surface area (Å²) < 4.78 is 25.2. The van der Waals surface area contributed by atoms with Gasteiger partial charge in [-0.05, 0) is 0 Å². The Labute approximate surface area is 62.1 Å². The van der Waals surface area contributed by atoms with Crippen molar-refractivity contribution in [3.05, 3.63) is 23.3 Å². The molecule has 1 aromatic heterocycles. The minimum Gasteiger partial charge on any atom is -0.287 e. The molecule has 0 radical (unpaired) electrons. The van der Waals surface area contributed by atoms with Gasteiger partial charge in [0.1, 0.15) is 5.69 Å². The molecular formula is C6H5F2N3. The molecule has 0 aliphatic heterocycles. The van der Waals surface area contributed by atoms with Gasteiger partial charge in [0, 0.05) is 13.2 Å². The van der Waals surface area contributed by atoms with Gasteiger partial charge in [0.2, 0.25) is 5.69 Å². The van der Waals surface area contributed by atoms with E-state index in [2.05, 4.69) is 9.94 Å². The third-order valence-electron chi connectivity index (χ3n) is 1.16. The maximum absolute atomic E-state index is 12.0. The molecule has 1 heterocycles. The minimum atomic E-state index is -2.67. The molecule has 1 aromatic rings. The summed E-state index contributed by atoms with van der Waals surface area (Å²) in [5, 5.41) is 3.43. The summed E-state index contributed by atoms with van der Waals surface area (Å²) >= 11 is 0. The Morgan fingerprint density at radius 1 is 1.73 bits per heavy atom. The van der Waals surface area contributed by atoms with Crippen LogP contribution in [-0.4, -0.2) is 9.78 Å². The molecule has 0 aliphatic carbocycles. The van der Waals surface area contributed by atoms with Gasteiger partial charge >= 0.3 is 0 Å². The molecule has 5 heteroatoms. The fourth-order valence-corrected chi connectivity index (χ4v) is 0.735. The van der Waals surface area contributed by atoms with Crippen LogP contribution in [0.4, 0.5) is 14.5 Å². The van der Waals surface area contributed by atoms with Crippen LogP contribution in [0.2, 0.25) is 0 Å². The molecule has 0 aromatic carbocycles. The van der Waals surface area contributed by atoms with E-state index in [-0.39, 0.29) is 5.69 Å². The third kappa shape index (κ3) is 1.34. The molecule has 0 unspecified atom stereocenters. The van der Waals surface area contributed by atoms with Gasteiger partial charge < -0.3 is 0 Å². The number of hydrogen-bond donors (Lipinski definition) is 0. The molecule has 58 valence electrons. The minimum absolute atomic E-state index is 0.0810. The molecular weight excluding hydrogens is 152 g/mol. The second kappa shape index (κ2) is 2.66. The quantitative estimate of drug-likeness (QED) is 0.571. The largest absolute Gasteiger partial charge is 0.287 e. The SMILES string of the molecule is [C-]#[N+]c1cn(C)nc1C(F)F. The van der Waals surface area contributed by atoms with Gasteiger partial charge in [0.25, 0.3) is 6.43 Å². The van der Waals surface area contributed by atoms with Crippen LogP contribution in [0.1, 0.15) is 12.1 Å². The van der Waals surface area contributed by atoms with E-state index in [1.165, 1.54) is 17.9 Å². The first-order valence-corrected chi connectivity index (χ1v) is 2.84. The molecule has 1 rings (SSSR count). The highest BCUT2D eigenvalue weighted by atomic mass is 19.3. The molecule has 3 nitrogen and oxygen atoms in total. The second-order valence-corrected chi connectivity index (χ2v) is 1.99. The highest BCUT2D eigenvalue weighted by Gasteiger charge is 2.16. The summed E-state index contributed by atoms with van der Waals surface area (Å²) in [7, 11) is 1.50. The zero-order valence-electron chi connectivity index (χ0n) is 5.75. The molecule has 0 spiro atoms. The Hall–Kier alpha value is -1.44. The smallest absolute Gasteiger partial charge is 0.273 e. The van der Waals surface area contributed by atoms with Crippen LogP contribution in [0.25, 0.3) is 4.85 Å². The van der Waals surface area contributed by atoms with Gasteiger partial charge in [-0.1, -0.05) is 0 Å². The van der Waals surface area contributed by atoms with Crippen molar-refractivity contribution in [1.29, 1.82) is 0 Å². The standard InChI is InChI=1S/C6H5F2N3/c1-9-4-3-11(2)10-5(4)6(7)8/h3,6H,2H3. The summed E-state index contributed by atoms with van der Waals surface area (Å²) in [6, 6.07) is 0. The summed E-state index contributed by atoms with van der Waals surface area (Å²) in [6.45, 7) is 6.53. The van der Waals surface area contributed by atoms with Crippen molar-refractivity contribution in [2.75, 3.05) is 0 Å². The van der Waals surface area contributed by atoms with Crippen molar-refractivity contribution in [2.24, 2.45) is 7.05 Å². The molecule has 0 saturated heterocycles. The van der Waals surface area contributed by atoms with Crippen molar-refractivity contribution in [2.45, 2.75) is 6.43 Å². The van der Waals surface area contributed by atoms with Gasteiger partial charge in [-0.2, -0.15) is 5.10 Å². The van der Waals surface area contributed by atoms with Crippen molar-refractivity contribution >= 4 is 5.69 Å². The highest BCUT2D eigenvalue weighted by Crippen LogP contribution is 2.26. The maximum atomic E-state index is 12.0. The van der Waals surface area contributed by atoms with E-state index in [0.717, 1.165) is 0 Å². The van der Waals surface area contributed by atoms with Gasteiger partial charge in [-0.15, -0.1) is 0 Å². The number of alkyl halides is 2. The molecule has 0 aliphatic rings. The number of aromatic nitrogens is 2. The number of rotatable bonds is 1. The van der Waals surface area contributed by atoms with Crippen LogP contribution >= 0.6 is 0 Å². The fourth-order valence-electron chi connectivity index (χ4n) is 0.735. The summed E-state index contributed by atoms with van der Waals surface area (Å²) in [5.41, 5.74) is -0.523. The lowest BCUT2D eigenvalue weighted by Gasteiger charge is -1.91. The molecule has 0 amide bonds. The maximum Gasteiger partial charge on any atom is 0.273 e. The van der Waals surface area contributed by atoms with Gasteiger partial charge in [-0.25, -0.2) is 13.6 Å². The van der Waals surface area contributed by atoms with E-state index in [9.17, 15) is 8.78 Å². The average molecular weight is 157 g/mol. The first kappa shape index (κ1) is 7.66. The van der Waals surface area contributed by atoms with Crippen molar-refractivity contribution in [3.63, 3.8) is 0 Å². The van der Waals surface area contributed by atoms with E-state index in [1.54, 1.807) is 0 Å². The number of aryl methyl sites for hydroxylation is 1. The Morgan fingerprint density at radius 3 is 2.73 bits per heavy atom. The van der Waals surface area contributed by atoms with Crippen LogP contribution in [0.15, 0.2) is 6.20 Å². The Morgan fingerprint density at radius 2 is 2.36 bits per heavy atom. The van der Waals surface area contributed by atoms with E-state index in [4.69, 9.17) is 6.57 Å². The average Bonchev–Trinajstić information content (AvgIpc) is 2.30. The van der Waals surface area contributed by atoms with E-state index >= 15 is 0 Å². The number of hydrogen-bond acceptors (Lipinski definition) is 1. The molecule has 0 N–H and O–H groups in total. The van der Waals surface area contributed by atoms with Crippen LogP contribution in [0.5, 0.6) is 0 Å². The monoisotopic (exact) mass is 157 g/mol. The fraction of sp³-hybridized carbons (Fsp3) is 0.333. The molecule has 0 fully saturated rings. The van der Waals surface area contributed by atoms with Crippen LogP contribution in [0.3, 0.4) is 0 Å². The van der Waals surface area contributed by atoms with Crippen LogP contribution in [-0.2, 0) is 7.05 Å². The van der Waals surface area contributed by atoms with Crippen molar-refractivity contribution < 1.29 is 8.78 Å². The zero-order valence-corrected chi connectivity index (χ0v) is 5.75. The van der Waals surface area contributed by atoms with Gasteiger partial charge in [0.05, 0.1) is 6.57 Å². The number of halogens is 2. The van der Waals surface area contributed by atoms with E-state index in [0.29, 0.717) is 0 Å². The summed E-state index contributed by atoms with van der Waals surface area (Å²) in [6.07, 6.45) is -1.39. The van der Waals surface area contributed by atoms with Crippen molar-refractivity contribution in [3.8, 4) is 0 Å². The molecule has 0 bridgehead atoms. The van der Waals surface area contributed by atoms with Crippen molar-refractivity contribution in [1.82, 2.24) is 9.78 Å². The molecule has 11 heavy (non-hydrogen) atoms. The molecule has 0 atom stereocenters. The second-order valence-electron chi connectivity index (χ2n) is 1.99. The lowest BCUT2D eigenvalue weighted by molar-refractivity contribution is 0.146. The zero-order chi connectivity index (χ0) is 8.43. The topological polar surface area (TPSA) is 22.2 Å². The molecule has 0 saturated carbocycles. The van der Waals surface area contributed by atoms with E-state index < -0.39 is 12.1 Å². The lowest BCUT2D eigenvalue weighted by atomic mass is 10.4. The van der Waals surface area contributed by atoms with Gasteiger partial charge in [-0.3, -0.25) is 4.68 Å². The highest BCUT2D eigenvalue weighted by molar-refractivity contribution is 5.47. The predicted molar refractivity (Wildman–Crippen MR) is 34.4 cm³/mol. The normalized spacial score (nSPS) is 10.1. The van der Waals surface area contributed by atoms with Gasteiger partial charge in [0.15, 0.2) is 0 Å². The first-order chi connectivity index (χ1) is 5.15. The Bertz CT molecular complexity index is 297. The van der Waals surface area contributed by atoms with E-state index in [1.807, 2.05) is 0 Å². The lowest BCUT2D eigenvalue weighted by Crippen LogP contribution is -1.90. The Kier molecular flexibility index (Phi) is 1.85. The van der Waals surface area contributed by atoms with Crippen LogP contribution in [0, 0.1) is 6.57 Å². The third-order valence-corrected chi connectivity index (χ3v) is 1.16. The first-order valence-electron chi connectivity index (χ1n) is 2.84. The summed E-state index contributed by atoms with van der Waals surface area (Å²) in [4.78, 5) is 2.90. The Balaban J connectivity index is 3.15.